The van der Waals surface area contributed by atoms with Crippen molar-refractivity contribution < 1.29 is 4.74 Å². The standard InChI is InChI=1S/C10H13N3O2S2/c1-13-6(4-5-15-2)11-8-7(9(13)14)12-10(16-3)17-8/h4-5H2,1-3H3. The van der Waals surface area contributed by atoms with E-state index in [4.69, 9.17) is 4.74 Å². The van der Waals surface area contributed by atoms with Gasteiger partial charge in [-0.15, -0.1) is 0 Å². The van der Waals surface area contributed by atoms with E-state index in [2.05, 4.69) is 9.97 Å². The third kappa shape index (κ3) is 2.36. The number of rotatable bonds is 4. The van der Waals surface area contributed by atoms with Crippen molar-refractivity contribution in [1.82, 2.24) is 14.5 Å². The first kappa shape index (κ1) is 12.5. The number of hydrogen-bond acceptors (Lipinski definition) is 6. The quantitative estimate of drug-likeness (QED) is 0.785. The Balaban J connectivity index is 2.56. The first-order valence-electron chi connectivity index (χ1n) is 5.06. The summed E-state index contributed by atoms with van der Waals surface area (Å²) >= 11 is 2.98. The number of thioether (sulfide) groups is 1. The molecule has 0 saturated carbocycles. The smallest absolute Gasteiger partial charge is 0.280 e. The van der Waals surface area contributed by atoms with Gasteiger partial charge in [0.05, 0.1) is 6.61 Å². The molecule has 0 bridgehead atoms. The number of ether oxygens (including phenoxy) is 1. The average molecular weight is 271 g/mol. The zero-order valence-corrected chi connectivity index (χ0v) is 11.5. The van der Waals surface area contributed by atoms with Gasteiger partial charge in [-0.05, 0) is 6.26 Å². The molecule has 0 fully saturated rings. The van der Waals surface area contributed by atoms with Crippen LogP contribution < -0.4 is 5.56 Å². The summed E-state index contributed by atoms with van der Waals surface area (Å²) in [6.07, 6.45) is 2.57. The molecule has 0 saturated heterocycles. The van der Waals surface area contributed by atoms with Crippen LogP contribution in [0.5, 0.6) is 0 Å². The fraction of sp³-hybridized carbons (Fsp3) is 0.500. The summed E-state index contributed by atoms with van der Waals surface area (Å²) in [5, 5.41) is 0. The van der Waals surface area contributed by atoms with Gasteiger partial charge in [0.2, 0.25) is 0 Å². The van der Waals surface area contributed by atoms with Crippen LogP contribution in [0.3, 0.4) is 0 Å². The molecule has 0 amide bonds. The average Bonchev–Trinajstić information content (AvgIpc) is 2.75. The number of fused-ring (bicyclic) bond motifs is 1. The van der Waals surface area contributed by atoms with Gasteiger partial charge in [-0.25, -0.2) is 9.97 Å². The highest BCUT2D eigenvalue weighted by molar-refractivity contribution is 8.00. The summed E-state index contributed by atoms with van der Waals surface area (Å²) in [5.41, 5.74) is 0.376. The van der Waals surface area contributed by atoms with Crippen LogP contribution in [-0.2, 0) is 18.2 Å². The third-order valence-corrected chi connectivity index (χ3v) is 4.35. The van der Waals surface area contributed by atoms with Crippen LogP contribution in [0.25, 0.3) is 10.3 Å². The number of hydrogen-bond donors (Lipinski definition) is 0. The Morgan fingerprint density at radius 2 is 2.24 bits per heavy atom. The van der Waals surface area contributed by atoms with Crippen molar-refractivity contribution in [2.45, 2.75) is 10.8 Å². The highest BCUT2D eigenvalue weighted by Gasteiger charge is 2.12. The van der Waals surface area contributed by atoms with Crippen LogP contribution in [0.1, 0.15) is 5.82 Å². The van der Waals surface area contributed by atoms with Crippen molar-refractivity contribution in [3.63, 3.8) is 0 Å². The largest absolute Gasteiger partial charge is 0.384 e. The molecule has 2 aromatic heterocycles. The molecule has 0 N–H and O–H groups in total. The highest BCUT2D eigenvalue weighted by Crippen LogP contribution is 2.24. The molecule has 2 heterocycles. The molecular formula is C10H13N3O2S2. The van der Waals surface area contributed by atoms with Crippen molar-refractivity contribution in [2.24, 2.45) is 7.05 Å². The van der Waals surface area contributed by atoms with Crippen LogP contribution in [-0.4, -0.2) is 34.5 Å². The molecule has 0 aliphatic carbocycles. The maximum atomic E-state index is 12.1. The number of thiazole rings is 1. The van der Waals surface area contributed by atoms with Gasteiger partial charge in [0, 0.05) is 20.6 Å². The Morgan fingerprint density at radius 3 is 2.88 bits per heavy atom. The van der Waals surface area contributed by atoms with E-state index in [0.29, 0.717) is 23.4 Å². The summed E-state index contributed by atoms with van der Waals surface area (Å²) < 4.78 is 7.42. The zero-order chi connectivity index (χ0) is 12.4. The first-order chi connectivity index (χ1) is 8.17. The number of nitrogens with zero attached hydrogens (tertiary/aromatic N) is 3. The fourth-order valence-electron chi connectivity index (χ4n) is 1.48. The number of methoxy groups -OCH3 is 1. The fourth-order valence-corrected chi connectivity index (χ4v) is 2.92. The minimum Gasteiger partial charge on any atom is -0.384 e. The van der Waals surface area contributed by atoms with Crippen LogP contribution in [0, 0.1) is 0 Å². The zero-order valence-electron chi connectivity index (χ0n) is 9.89. The molecule has 0 radical (unpaired) electrons. The molecule has 5 nitrogen and oxygen atoms in total. The Kier molecular flexibility index (Phi) is 3.80. The van der Waals surface area contributed by atoms with Gasteiger partial charge in [-0.1, -0.05) is 23.1 Å². The number of aromatic nitrogens is 3. The topological polar surface area (TPSA) is 57.0 Å². The Hall–Kier alpha value is -0.920. The highest BCUT2D eigenvalue weighted by atomic mass is 32.2. The van der Waals surface area contributed by atoms with Crippen molar-refractivity contribution in [3.8, 4) is 0 Å². The molecule has 17 heavy (non-hydrogen) atoms. The third-order valence-electron chi connectivity index (χ3n) is 2.42. The van der Waals surface area contributed by atoms with Crippen molar-refractivity contribution in [1.29, 1.82) is 0 Å². The summed E-state index contributed by atoms with van der Waals surface area (Å²) in [6, 6.07) is 0. The van der Waals surface area contributed by atoms with E-state index in [1.165, 1.54) is 23.1 Å². The van der Waals surface area contributed by atoms with E-state index >= 15 is 0 Å². The van der Waals surface area contributed by atoms with Gasteiger partial charge in [-0.3, -0.25) is 9.36 Å². The van der Waals surface area contributed by atoms with Crippen molar-refractivity contribution in [2.75, 3.05) is 20.0 Å². The van der Waals surface area contributed by atoms with Crippen LogP contribution >= 0.6 is 23.1 Å². The van der Waals surface area contributed by atoms with E-state index in [1.807, 2.05) is 6.26 Å². The van der Waals surface area contributed by atoms with Gasteiger partial charge in [0.1, 0.15) is 5.82 Å². The summed E-state index contributed by atoms with van der Waals surface area (Å²) in [7, 11) is 3.35. The lowest BCUT2D eigenvalue weighted by molar-refractivity contribution is 0.199. The monoisotopic (exact) mass is 271 g/mol. The second-order valence-corrected chi connectivity index (χ2v) is 5.50. The lowest BCUT2D eigenvalue weighted by Crippen LogP contribution is -2.23. The molecule has 0 spiro atoms. The molecule has 0 aromatic carbocycles. The lowest BCUT2D eigenvalue weighted by Gasteiger charge is -2.05. The lowest BCUT2D eigenvalue weighted by atomic mass is 10.4. The molecule has 0 atom stereocenters. The molecule has 2 aromatic rings. The van der Waals surface area contributed by atoms with Gasteiger partial charge in [-0.2, -0.15) is 0 Å². The molecule has 0 aliphatic rings. The molecule has 92 valence electrons. The second-order valence-electron chi connectivity index (χ2n) is 3.47. The normalized spacial score (nSPS) is 11.2. The predicted octanol–water partition coefficient (Wildman–Crippen LogP) is 1.30. The summed E-state index contributed by atoms with van der Waals surface area (Å²) in [5.74, 6) is 0.737. The van der Waals surface area contributed by atoms with Crippen molar-refractivity contribution >= 4 is 33.4 Å². The minimum atomic E-state index is -0.0855. The van der Waals surface area contributed by atoms with Gasteiger partial charge < -0.3 is 4.74 Å². The minimum absolute atomic E-state index is 0.0855. The maximum Gasteiger partial charge on any atom is 0.280 e. The maximum absolute atomic E-state index is 12.1. The van der Waals surface area contributed by atoms with E-state index in [1.54, 1.807) is 18.7 Å². The molecule has 2 rings (SSSR count). The Bertz CT molecular complexity index is 591. The Labute approximate surface area is 107 Å². The van der Waals surface area contributed by atoms with E-state index in [-0.39, 0.29) is 5.56 Å². The van der Waals surface area contributed by atoms with Crippen LogP contribution in [0.15, 0.2) is 9.13 Å². The molecule has 0 unspecified atom stereocenters. The summed E-state index contributed by atoms with van der Waals surface area (Å²) in [6.45, 7) is 0.556. The van der Waals surface area contributed by atoms with E-state index in [9.17, 15) is 4.79 Å². The molecule has 0 aliphatic heterocycles. The van der Waals surface area contributed by atoms with Crippen LogP contribution in [0.2, 0.25) is 0 Å². The van der Waals surface area contributed by atoms with E-state index < -0.39 is 0 Å². The summed E-state index contributed by atoms with van der Waals surface area (Å²) in [4.78, 5) is 21.5. The molecular weight excluding hydrogens is 258 g/mol. The van der Waals surface area contributed by atoms with Crippen LogP contribution in [0.4, 0.5) is 0 Å². The van der Waals surface area contributed by atoms with Gasteiger partial charge in [0.25, 0.3) is 5.56 Å². The van der Waals surface area contributed by atoms with Crippen molar-refractivity contribution in [3.05, 3.63) is 16.2 Å². The molecule has 7 heteroatoms. The predicted molar refractivity (Wildman–Crippen MR) is 70.0 cm³/mol. The second kappa shape index (κ2) is 5.16. The van der Waals surface area contributed by atoms with Gasteiger partial charge >= 0.3 is 0 Å². The SMILES string of the molecule is COCCc1nc2sc(SC)nc2c(=O)n1C. The Morgan fingerprint density at radius 1 is 1.47 bits per heavy atom. The van der Waals surface area contributed by atoms with E-state index in [0.717, 1.165) is 10.2 Å². The first-order valence-corrected chi connectivity index (χ1v) is 7.11. The van der Waals surface area contributed by atoms with Gasteiger partial charge in [0.15, 0.2) is 14.7 Å².